The molecule has 0 aliphatic carbocycles. The van der Waals surface area contributed by atoms with Crippen molar-refractivity contribution < 1.29 is 9.53 Å². The molecule has 2 aromatic rings. The average molecular weight is 372 g/mol. The van der Waals surface area contributed by atoms with Gasteiger partial charge in [-0.2, -0.15) is 10.1 Å². The van der Waals surface area contributed by atoms with E-state index in [1.807, 2.05) is 30.3 Å². The van der Waals surface area contributed by atoms with Crippen molar-refractivity contribution in [1.29, 1.82) is 0 Å². The van der Waals surface area contributed by atoms with E-state index in [2.05, 4.69) is 10.4 Å². The topological polar surface area (TPSA) is 53.9 Å². The van der Waals surface area contributed by atoms with Gasteiger partial charge in [0.2, 0.25) is 5.11 Å². The summed E-state index contributed by atoms with van der Waals surface area (Å²) in [6, 6.07) is 14.5. The normalized spacial score (nSPS) is 15.9. The number of rotatable bonds is 4. The summed E-state index contributed by atoms with van der Waals surface area (Å²) in [4.78, 5) is 12.5. The fourth-order valence-electron chi connectivity index (χ4n) is 2.28. The second-order valence-electron chi connectivity index (χ2n) is 5.15. The zero-order valence-corrected chi connectivity index (χ0v) is 14.8. The highest BCUT2D eigenvalue weighted by Crippen LogP contribution is 2.22. The number of amides is 1. The Hall–Kier alpha value is -2.70. The SMILES string of the molecule is COc1ccccc1/C=C1/NC(=S)N(/N=C/c2cccc(Cl)c2)C1=O. The predicted octanol–water partition coefficient (Wildman–Crippen LogP) is 3.44. The fraction of sp³-hybridized carbons (Fsp3) is 0.0556. The van der Waals surface area contributed by atoms with E-state index in [0.717, 1.165) is 16.1 Å². The van der Waals surface area contributed by atoms with Gasteiger partial charge in [-0.25, -0.2) is 0 Å². The van der Waals surface area contributed by atoms with Gasteiger partial charge in [-0.05, 0) is 42.1 Å². The van der Waals surface area contributed by atoms with Gasteiger partial charge in [0, 0.05) is 10.6 Å². The molecular formula is C18H14ClN3O2S. The monoisotopic (exact) mass is 371 g/mol. The van der Waals surface area contributed by atoms with Crippen molar-refractivity contribution in [2.24, 2.45) is 5.10 Å². The van der Waals surface area contributed by atoms with Gasteiger partial charge >= 0.3 is 0 Å². The Labute approximate surface area is 155 Å². The summed E-state index contributed by atoms with van der Waals surface area (Å²) >= 11 is 11.1. The molecule has 0 aromatic heterocycles. The van der Waals surface area contributed by atoms with Crippen molar-refractivity contribution in [3.05, 3.63) is 70.4 Å². The van der Waals surface area contributed by atoms with Crippen molar-refractivity contribution in [1.82, 2.24) is 10.3 Å². The van der Waals surface area contributed by atoms with Gasteiger partial charge in [-0.1, -0.05) is 41.9 Å². The van der Waals surface area contributed by atoms with Gasteiger partial charge in [0.1, 0.15) is 11.4 Å². The first-order chi connectivity index (χ1) is 12.1. The summed E-state index contributed by atoms with van der Waals surface area (Å²) in [7, 11) is 1.58. The van der Waals surface area contributed by atoms with Gasteiger partial charge in [0.05, 0.1) is 13.3 Å². The molecule has 1 aliphatic heterocycles. The average Bonchev–Trinajstić information content (AvgIpc) is 2.87. The van der Waals surface area contributed by atoms with E-state index in [9.17, 15) is 4.79 Å². The second-order valence-corrected chi connectivity index (χ2v) is 5.97. The van der Waals surface area contributed by atoms with Crippen LogP contribution < -0.4 is 10.1 Å². The smallest absolute Gasteiger partial charge is 0.297 e. The largest absolute Gasteiger partial charge is 0.496 e. The molecule has 1 fully saturated rings. The number of carbonyl (C=O) groups excluding carboxylic acids is 1. The first-order valence-electron chi connectivity index (χ1n) is 7.38. The van der Waals surface area contributed by atoms with Crippen LogP contribution in [-0.4, -0.2) is 29.4 Å². The minimum absolute atomic E-state index is 0.212. The summed E-state index contributed by atoms with van der Waals surface area (Å²) in [5.74, 6) is 0.325. The lowest BCUT2D eigenvalue weighted by atomic mass is 10.1. The van der Waals surface area contributed by atoms with E-state index in [4.69, 9.17) is 28.6 Å². The standard InChI is InChI=1S/C18H14ClN3O2S/c1-24-16-8-3-2-6-13(16)10-15-17(23)22(18(25)21-15)20-11-12-5-4-7-14(19)9-12/h2-11H,1H3,(H,21,25)/b15-10+,20-11+. The highest BCUT2D eigenvalue weighted by molar-refractivity contribution is 7.80. The molecule has 0 spiro atoms. The molecule has 0 bridgehead atoms. The van der Waals surface area contributed by atoms with Crippen molar-refractivity contribution in [2.75, 3.05) is 7.11 Å². The summed E-state index contributed by atoms with van der Waals surface area (Å²) in [6.45, 7) is 0. The molecular weight excluding hydrogens is 358 g/mol. The molecule has 0 radical (unpaired) electrons. The summed E-state index contributed by atoms with van der Waals surface area (Å²) in [6.07, 6.45) is 3.21. The number of nitrogens with zero attached hydrogens (tertiary/aromatic N) is 2. The third kappa shape index (κ3) is 3.87. The van der Waals surface area contributed by atoms with Crippen LogP contribution in [0.4, 0.5) is 0 Å². The minimum atomic E-state index is -0.339. The Morgan fingerprint density at radius 1 is 1.24 bits per heavy atom. The highest BCUT2D eigenvalue weighted by Gasteiger charge is 2.30. The molecule has 1 amide bonds. The summed E-state index contributed by atoms with van der Waals surface area (Å²) in [5, 5.41) is 8.97. The molecule has 7 heteroatoms. The van der Waals surface area contributed by atoms with Crippen LogP contribution in [0.15, 0.2) is 59.3 Å². The lowest BCUT2D eigenvalue weighted by Crippen LogP contribution is -2.25. The molecule has 0 saturated carbocycles. The van der Waals surface area contributed by atoms with Crippen molar-refractivity contribution >= 4 is 47.1 Å². The van der Waals surface area contributed by atoms with Crippen LogP contribution in [0.2, 0.25) is 5.02 Å². The van der Waals surface area contributed by atoms with Gasteiger partial charge < -0.3 is 10.1 Å². The number of benzene rings is 2. The lowest BCUT2D eigenvalue weighted by molar-refractivity contribution is -0.122. The Morgan fingerprint density at radius 2 is 2.04 bits per heavy atom. The van der Waals surface area contributed by atoms with Crippen LogP contribution in [0.3, 0.4) is 0 Å². The summed E-state index contributed by atoms with van der Waals surface area (Å²) < 4.78 is 5.29. The third-order valence-electron chi connectivity index (χ3n) is 3.47. The van der Waals surface area contributed by atoms with E-state index >= 15 is 0 Å². The number of nitrogens with one attached hydrogen (secondary N) is 1. The molecule has 1 aliphatic rings. The first-order valence-corrected chi connectivity index (χ1v) is 8.17. The number of thiocarbonyl (C=S) groups is 1. The maximum Gasteiger partial charge on any atom is 0.297 e. The maximum absolute atomic E-state index is 12.5. The zero-order valence-electron chi connectivity index (χ0n) is 13.3. The van der Waals surface area contributed by atoms with Crippen LogP contribution >= 0.6 is 23.8 Å². The number of ether oxygens (including phenoxy) is 1. The molecule has 25 heavy (non-hydrogen) atoms. The van der Waals surface area contributed by atoms with E-state index in [1.165, 1.54) is 6.21 Å². The third-order valence-corrected chi connectivity index (χ3v) is 3.98. The highest BCUT2D eigenvalue weighted by atomic mass is 35.5. The second kappa shape index (κ2) is 7.46. The van der Waals surface area contributed by atoms with Gasteiger partial charge in [-0.3, -0.25) is 4.79 Å². The Kier molecular flexibility index (Phi) is 5.11. The Morgan fingerprint density at radius 3 is 2.80 bits per heavy atom. The van der Waals surface area contributed by atoms with Crippen LogP contribution in [-0.2, 0) is 4.79 Å². The molecule has 1 heterocycles. The van der Waals surface area contributed by atoms with Crippen LogP contribution in [0.5, 0.6) is 5.75 Å². The number of para-hydroxylation sites is 1. The molecule has 0 unspecified atom stereocenters. The predicted molar refractivity (Wildman–Crippen MR) is 103 cm³/mol. The van der Waals surface area contributed by atoms with E-state index in [-0.39, 0.29) is 11.0 Å². The Balaban J connectivity index is 1.84. The lowest BCUT2D eigenvalue weighted by Gasteiger charge is -2.05. The number of hydrazone groups is 1. The maximum atomic E-state index is 12.5. The van der Waals surface area contributed by atoms with Gasteiger partial charge in [-0.15, -0.1) is 0 Å². The van der Waals surface area contributed by atoms with Crippen molar-refractivity contribution in [3.8, 4) is 5.75 Å². The van der Waals surface area contributed by atoms with Crippen molar-refractivity contribution in [3.63, 3.8) is 0 Å². The quantitative estimate of drug-likeness (QED) is 0.508. The minimum Gasteiger partial charge on any atom is -0.496 e. The number of carbonyl (C=O) groups is 1. The number of hydrogen-bond acceptors (Lipinski definition) is 4. The van der Waals surface area contributed by atoms with Crippen molar-refractivity contribution in [2.45, 2.75) is 0 Å². The van der Waals surface area contributed by atoms with Crippen LogP contribution in [0, 0.1) is 0 Å². The molecule has 3 rings (SSSR count). The molecule has 5 nitrogen and oxygen atoms in total. The van der Waals surface area contributed by atoms with E-state index in [1.54, 1.807) is 31.4 Å². The van der Waals surface area contributed by atoms with E-state index < -0.39 is 0 Å². The molecule has 2 aromatic carbocycles. The molecule has 126 valence electrons. The van der Waals surface area contributed by atoms with E-state index in [0.29, 0.717) is 16.5 Å². The number of methoxy groups -OCH3 is 1. The number of halogens is 1. The zero-order chi connectivity index (χ0) is 17.8. The molecule has 0 atom stereocenters. The summed E-state index contributed by atoms with van der Waals surface area (Å²) in [5.41, 5.74) is 1.87. The van der Waals surface area contributed by atoms with Gasteiger partial charge in [0.25, 0.3) is 5.91 Å². The number of hydrogen-bond donors (Lipinski definition) is 1. The Bertz CT molecular complexity index is 895. The molecule has 1 N–H and O–H groups in total. The molecule has 1 saturated heterocycles. The first kappa shape index (κ1) is 17.1. The van der Waals surface area contributed by atoms with Crippen LogP contribution in [0.25, 0.3) is 6.08 Å². The fourth-order valence-corrected chi connectivity index (χ4v) is 2.72. The van der Waals surface area contributed by atoms with Crippen LogP contribution in [0.1, 0.15) is 11.1 Å². The van der Waals surface area contributed by atoms with Gasteiger partial charge in [0.15, 0.2) is 0 Å².